The van der Waals surface area contributed by atoms with Crippen LogP contribution in [0.1, 0.15) is 42.8 Å². The monoisotopic (exact) mass is 478 g/mol. The van der Waals surface area contributed by atoms with Gasteiger partial charge in [-0.2, -0.15) is 0 Å². The number of rotatable bonds is 6. The fourth-order valence-electron chi connectivity index (χ4n) is 3.63. The minimum atomic E-state index is -0.592. The Labute approximate surface area is 197 Å². The summed E-state index contributed by atoms with van der Waals surface area (Å²) in [6.07, 6.45) is 6.10. The number of ether oxygens (including phenoxy) is 1. The number of aliphatic imine (C=N–C) groups is 1. The summed E-state index contributed by atoms with van der Waals surface area (Å²) in [6.45, 7) is 5.42. The number of piperidine rings is 1. The second kappa shape index (κ2) is 12.2. The number of nitrogens with one attached hydrogen (secondary N) is 1. The molecule has 2 aliphatic rings. The molecule has 0 saturated carbocycles. The largest absolute Gasteiger partial charge is 0.385 e. The van der Waals surface area contributed by atoms with E-state index in [2.05, 4.69) is 19.9 Å². The average Bonchev–Trinajstić information content (AvgIpc) is 3.35. The van der Waals surface area contributed by atoms with Crippen molar-refractivity contribution in [1.82, 2.24) is 15.2 Å². The number of aldehydes is 1. The summed E-state index contributed by atoms with van der Waals surface area (Å²) in [5, 5.41) is 6.20. The van der Waals surface area contributed by atoms with E-state index in [4.69, 9.17) is 16.6 Å². The molecule has 172 valence electrons. The van der Waals surface area contributed by atoms with E-state index in [0.717, 1.165) is 49.5 Å². The molecule has 0 amide bonds. The van der Waals surface area contributed by atoms with Crippen LogP contribution < -0.4 is 5.32 Å². The molecule has 0 bridgehead atoms. The lowest BCUT2D eigenvalue weighted by Crippen LogP contribution is -2.40. The van der Waals surface area contributed by atoms with Crippen LogP contribution in [0.15, 0.2) is 46.0 Å². The zero-order chi connectivity index (χ0) is 22.9. The second-order valence-corrected chi connectivity index (χ2v) is 8.78. The molecular formula is C23H28ClFN4O2S. The standard InChI is InChI=1S/C20H20ClFN4OS.C3H8O/c21-16-10-13(22)4-5-14(16)18-15(12-27)17(11-26-7-2-1-3-8-26)24-19(25-18)20-23-6-9-28-20;1-3-4-2/h4-6,9-10,12,18H,1-3,7-8,11H2,(H,24,25);3H2,1-2H3/t18-;/m0./s1. The Kier molecular flexibility index (Phi) is 9.35. The van der Waals surface area contributed by atoms with Crippen LogP contribution in [0.3, 0.4) is 0 Å². The van der Waals surface area contributed by atoms with E-state index in [1.165, 1.54) is 29.9 Å². The number of methoxy groups -OCH3 is 1. The van der Waals surface area contributed by atoms with Gasteiger partial charge >= 0.3 is 0 Å². The summed E-state index contributed by atoms with van der Waals surface area (Å²) < 4.78 is 18.1. The minimum Gasteiger partial charge on any atom is -0.385 e. The highest BCUT2D eigenvalue weighted by molar-refractivity contribution is 7.11. The lowest BCUT2D eigenvalue weighted by atomic mass is 9.96. The first-order chi connectivity index (χ1) is 15.6. The molecule has 2 aromatic rings. The fraction of sp³-hybridized carbons (Fsp3) is 0.435. The van der Waals surface area contributed by atoms with Gasteiger partial charge in [0.15, 0.2) is 10.8 Å². The van der Waals surface area contributed by atoms with E-state index < -0.39 is 11.9 Å². The van der Waals surface area contributed by atoms with Crippen LogP contribution in [0.2, 0.25) is 5.02 Å². The number of halogens is 2. The third kappa shape index (κ3) is 6.22. The van der Waals surface area contributed by atoms with Crippen LogP contribution in [0, 0.1) is 5.82 Å². The lowest BCUT2D eigenvalue weighted by Gasteiger charge is -2.31. The van der Waals surface area contributed by atoms with Crippen molar-refractivity contribution in [3.8, 4) is 0 Å². The van der Waals surface area contributed by atoms with Crippen LogP contribution in [0.4, 0.5) is 4.39 Å². The van der Waals surface area contributed by atoms with E-state index in [1.807, 2.05) is 12.3 Å². The summed E-state index contributed by atoms with van der Waals surface area (Å²) in [4.78, 5) is 23.5. The molecule has 9 heteroatoms. The number of aromatic nitrogens is 1. The molecule has 1 aromatic heterocycles. The maximum Gasteiger partial charge on any atom is 0.163 e. The number of nitrogens with zero attached hydrogens (tertiary/aromatic N) is 3. The molecule has 1 N–H and O–H groups in total. The first-order valence-corrected chi connectivity index (χ1v) is 11.9. The van der Waals surface area contributed by atoms with Gasteiger partial charge in [-0.1, -0.05) is 24.1 Å². The smallest absolute Gasteiger partial charge is 0.163 e. The predicted molar refractivity (Wildman–Crippen MR) is 127 cm³/mol. The molecule has 3 heterocycles. The van der Waals surface area contributed by atoms with Crippen molar-refractivity contribution in [2.45, 2.75) is 32.2 Å². The van der Waals surface area contributed by atoms with Gasteiger partial charge in [0.05, 0.1) is 0 Å². The van der Waals surface area contributed by atoms with Gasteiger partial charge in [-0.25, -0.2) is 9.37 Å². The minimum absolute atomic E-state index is 0.255. The van der Waals surface area contributed by atoms with E-state index >= 15 is 0 Å². The van der Waals surface area contributed by atoms with Gasteiger partial charge in [0.1, 0.15) is 18.1 Å². The van der Waals surface area contributed by atoms with Gasteiger partial charge in [-0.3, -0.25) is 14.7 Å². The van der Waals surface area contributed by atoms with Crippen LogP contribution in [-0.2, 0) is 9.53 Å². The van der Waals surface area contributed by atoms with E-state index in [-0.39, 0.29) is 5.02 Å². The predicted octanol–water partition coefficient (Wildman–Crippen LogP) is 4.62. The Hall–Kier alpha value is -2.13. The first kappa shape index (κ1) is 24.5. The molecule has 2 aliphatic heterocycles. The van der Waals surface area contributed by atoms with Crippen LogP contribution in [0.25, 0.3) is 0 Å². The second-order valence-electron chi connectivity index (χ2n) is 7.47. The zero-order valence-corrected chi connectivity index (χ0v) is 19.9. The van der Waals surface area contributed by atoms with E-state index in [1.54, 1.807) is 19.4 Å². The third-order valence-electron chi connectivity index (χ3n) is 5.31. The molecule has 32 heavy (non-hydrogen) atoms. The molecule has 0 unspecified atom stereocenters. The molecule has 0 aliphatic carbocycles. The van der Waals surface area contributed by atoms with E-state index in [9.17, 15) is 9.18 Å². The Morgan fingerprint density at radius 3 is 2.69 bits per heavy atom. The molecule has 6 nitrogen and oxygen atoms in total. The SMILES string of the molecule is CCOC.O=CC1=C(CN2CCCCC2)NC(c2nccs2)=N[C@H]1c1ccc(F)cc1Cl. The summed E-state index contributed by atoms with van der Waals surface area (Å²) in [5.41, 5.74) is 1.94. The van der Waals surface area contributed by atoms with Crippen molar-refractivity contribution in [3.63, 3.8) is 0 Å². The van der Waals surface area contributed by atoms with Gasteiger partial charge in [-0.15, -0.1) is 11.3 Å². The molecule has 1 aromatic carbocycles. The van der Waals surface area contributed by atoms with Gasteiger partial charge in [0.2, 0.25) is 0 Å². The molecule has 1 fully saturated rings. The average molecular weight is 479 g/mol. The number of hydrogen-bond donors (Lipinski definition) is 1. The summed E-state index contributed by atoms with van der Waals surface area (Å²) in [5.74, 6) is 0.190. The fourth-order valence-corrected chi connectivity index (χ4v) is 4.49. The maximum atomic E-state index is 13.6. The Morgan fingerprint density at radius 2 is 2.09 bits per heavy atom. The van der Waals surface area contributed by atoms with Crippen LogP contribution in [0.5, 0.6) is 0 Å². The summed E-state index contributed by atoms with van der Waals surface area (Å²) >= 11 is 7.77. The number of carbonyl (C=O) groups excluding carboxylic acids is 1. The van der Waals surface area contributed by atoms with Gasteiger partial charge < -0.3 is 10.1 Å². The number of thiazole rings is 1. The van der Waals surface area contributed by atoms with Gasteiger partial charge in [-0.05, 0) is 45.0 Å². The van der Waals surface area contributed by atoms with Crippen molar-refractivity contribution >= 4 is 35.1 Å². The first-order valence-electron chi connectivity index (χ1n) is 10.7. The Balaban J connectivity index is 0.000000668. The van der Waals surface area contributed by atoms with Crippen molar-refractivity contribution < 1.29 is 13.9 Å². The number of carbonyl (C=O) groups is 1. The maximum absolute atomic E-state index is 13.6. The summed E-state index contributed by atoms with van der Waals surface area (Å²) in [6, 6.07) is 3.60. The van der Waals surface area contributed by atoms with Crippen molar-refractivity contribution in [2.24, 2.45) is 4.99 Å². The van der Waals surface area contributed by atoms with Crippen LogP contribution in [-0.4, -0.2) is 55.4 Å². The van der Waals surface area contributed by atoms with Crippen molar-refractivity contribution in [2.75, 3.05) is 33.4 Å². The summed E-state index contributed by atoms with van der Waals surface area (Å²) in [7, 11) is 1.68. The molecular weight excluding hydrogens is 451 g/mol. The Morgan fingerprint density at radius 1 is 1.34 bits per heavy atom. The van der Waals surface area contributed by atoms with Gasteiger partial charge in [0.25, 0.3) is 0 Å². The molecule has 0 spiro atoms. The van der Waals surface area contributed by atoms with Crippen LogP contribution >= 0.6 is 22.9 Å². The number of amidine groups is 1. The zero-order valence-electron chi connectivity index (χ0n) is 18.3. The highest BCUT2D eigenvalue weighted by Crippen LogP contribution is 2.35. The van der Waals surface area contributed by atoms with E-state index in [0.29, 0.717) is 23.5 Å². The highest BCUT2D eigenvalue weighted by Gasteiger charge is 2.29. The Bertz CT molecular complexity index is 957. The molecule has 4 rings (SSSR count). The quantitative estimate of drug-likeness (QED) is 0.614. The van der Waals surface area contributed by atoms with Gasteiger partial charge in [0, 0.05) is 53.7 Å². The number of hydrogen-bond acceptors (Lipinski definition) is 7. The van der Waals surface area contributed by atoms with Crippen molar-refractivity contribution in [1.29, 1.82) is 0 Å². The highest BCUT2D eigenvalue weighted by atomic mass is 35.5. The molecule has 0 radical (unpaired) electrons. The molecule has 1 atom stereocenters. The normalized spacial score (nSPS) is 19.0. The number of likely N-dealkylation sites (tertiary alicyclic amines) is 1. The lowest BCUT2D eigenvalue weighted by molar-refractivity contribution is -0.105. The third-order valence-corrected chi connectivity index (χ3v) is 6.42. The van der Waals surface area contributed by atoms with Crippen molar-refractivity contribution in [3.05, 3.63) is 62.5 Å². The molecule has 1 saturated heterocycles. The number of benzene rings is 1. The topological polar surface area (TPSA) is 66.8 Å².